The Morgan fingerprint density at radius 2 is 1.30 bits per heavy atom. The minimum Gasteiger partial charge on any atom is -0.457 e. The molecule has 0 N–H and O–H groups in total. The molecule has 0 aliphatic carbocycles. The van der Waals surface area contributed by atoms with Crippen molar-refractivity contribution < 1.29 is 33.3 Å². The van der Waals surface area contributed by atoms with Gasteiger partial charge in [-0.05, 0) is 55.8 Å². The molecule has 2 aromatic rings. The molecule has 2 aromatic carbocycles. The van der Waals surface area contributed by atoms with Crippen LogP contribution in [-0.2, 0) is 25.7 Å². The van der Waals surface area contributed by atoms with E-state index in [-0.39, 0.29) is 19.0 Å². The third-order valence-corrected chi connectivity index (χ3v) is 3.71. The van der Waals surface area contributed by atoms with Crippen LogP contribution in [0.15, 0.2) is 72.8 Å². The summed E-state index contributed by atoms with van der Waals surface area (Å²) in [5.74, 6) is -0.784. The van der Waals surface area contributed by atoms with Crippen LogP contribution in [0.2, 0.25) is 0 Å². The zero-order chi connectivity index (χ0) is 22.1. The third kappa shape index (κ3) is 6.94. The maximum atomic E-state index is 12.3. The minimum atomic E-state index is -0.541. The fourth-order valence-electron chi connectivity index (χ4n) is 2.05. The summed E-state index contributed by atoms with van der Waals surface area (Å²) >= 11 is 0. The Balaban J connectivity index is 1.85. The third-order valence-electron chi connectivity index (χ3n) is 3.71. The van der Waals surface area contributed by atoms with E-state index in [1.165, 1.54) is 6.92 Å². The molecule has 0 unspecified atom stereocenters. The van der Waals surface area contributed by atoms with E-state index >= 15 is 0 Å². The van der Waals surface area contributed by atoms with Crippen LogP contribution in [0.4, 0.5) is 0 Å². The average molecular weight is 410 g/mol. The lowest BCUT2D eigenvalue weighted by atomic mass is 10.1. The van der Waals surface area contributed by atoms with E-state index in [1.54, 1.807) is 55.5 Å². The lowest BCUT2D eigenvalue weighted by molar-refractivity contribution is -0.145. The van der Waals surface area contributed by atoms with Gasteiger partial charge in [-0.15, -0.1) is 0 Å². The van der Waals surface area contributed by atoms with Gasteiger partial charge in [-0.1, -0.05) is 25.3 Å². The summed E-state index contributed by atoms with van der Waals surface area (Å²) in [4.78, 5) is 34.9. The van der Waals surface area contributed by atoms with Crippen LogP contribution in [-0.4, -0.2) is 24.7 Å². The van der Waals surface area contributed by atoms with Crippen molar-refractivity contribution in [3.05, 3.63) is 84.0 Å². The van der Waals surface area contributed by atoms with Crippen molar-refractivity contribution in [1.82, 2.24) is 0 Å². The zero-order valence-electron chi connectivity index (χ0n) is 16.8. The minimum absolute atomic E-state index is 0.0875. The summed E-state index contributed by atoms with van der Waals surface area (Å²) in [6.45, 7) is 9.93. The predicted octanol–water partition coefficient (Wildman–Crippen LogP) is 3.98. The van der Waals surface area contributed by atoms with Crippen molar-refractivity contribution in [2.75, 3.05) is 6.79 Å². The van der Waals surface area contributed by atoms with Crippen LogP contribution in [0.1, 0.15) is 29.8 Å². The quantitative estimate of drug-likeness (QED) is 0.267. The molecule has 30 heavy (non-hydrogen) atoms. The molecule has 0 bridgehead atoms. The molecule has 156 valence electrons. The number of benzene rings is 2. The molecule has 2 rings (SSSR count). The Morgan fingerprint density at radius 3 is 1.87 bits per heavy atom. The number of carbonyl (C=O) groups excluding carboxylic acids is 3. The van der Waals surface area contributed by atoms with Gasteiger partial charge in [-0.25, -0.2) is 14.4 Å². The molecule has 7 heteroatoms. The lowest BCUT2D eigenvalue weighted by Gasteiger charge is -2.09. The predicted molar refractivity (Wildman–Crippen MR) is 109 cm³/mol. The number of carbonyl (C=O) groups is 3. The largest absolute Gasteiger partial charge is 0.457 e. The summed E-state index contributed by atoms with van der Waals surface area (Å²) in [7, 11) is 0. The molecule has 0 aromatic heterocycles. The second-order valence-electron chi connectivity index (χ2n) is 6.39. The van der Waals surface area contributed by atoms with Crippen LogP contribution < -0.4 is 9.47 Å². The lowest BCUT2D eigenvalue weighted by Crippen LogP contribution is -2.11. The maximum Gasteiger partial charge on any atom is 0.343 e. The molecule has 0 saturated heterocycles. The molecule has 0 radical (unpaired) electrons. The van der Waals surface area contributed by atoms with Crippen molar-refractivity contribution >= 4 is 17.9 Å². The average Bonchev–Trinajstić information content (AvgIpc) is 2.73. The molecule has 0 fully saturated rings. The number of hydrogen-bond acceptors (Lipinski definition) is 7. The van der Waals surface area contributed by atoms with Gasteiger partial charge in [0, 0.05) is 11.1 Å². The van der Waals surface area contributed by atoms with E-state index in [0.717, 1.165) is 5.56 Å². The molecule has 0 heterocycles. The molecule has 0 amide bonds. The van der Waals surface area contributed by atoms with Crippen molar-refractivity contribution in [1.29, 1.82) is 0 Å². The van der Waals surface area contributed by atoms with Gasteiger partial charge in [-0.3, -0.25) is 0 Å². The van der Waals surface area contributed by atoms with E-state index in [4.69, 9.17) is 18.9 Å². The van der Waals surface area contributed by atoms with E-state index in [0.29, 0.717) is 22.6 Å². The van der Waals surface area contributed by atoms with Crippen LogP contribution in [0.25, 0.3) is 0 Å². The summed E-state index contributed by atoms with van der Waals surface area (Å²) < 4.78 is 20.5. The SMILES string of the molecule is C=C(C)C(=O)OCOc1ccc(OC(=O)c2ccc(COC(=O)C(=C)C)cc2)cc1. The highest BCUT2D eigenvalue weighted by Gasteiger charge is 2.10. The van der Waals surface area contributed by atoms with E-state index in [9.17, 15) is 14.4 Å². The molecular weight excluding hydrogens is 388 g/mol. The monoisotopic (exact) mass is 410 g/mol. The first kappa shape index (κ1) is 22.4. The first-order chi connectivity index (χ1) is 14.3. The van der Waals surface area contributed by atoms with Gasteiger partial charge in [-0.2, -0.15) is 0 Å². The molecule has 0 aliphatic heterocycles. The molecule has 0 aliphatic rings. The van der Waals surface area contributed by atoms with E-state index in [1.807, 2.05) is 0 Å². The van der Waals surface area contributed by atoms with Gasteiger partial charge >= 0.3 is 17.9 Å². The van der Waals surface area contributed by atoms with Gasteiger partial charge in [0.2, 0.25) is 6.79 Å². The first-order valence-electron chi connectivity index (χ1n) is 8.95. The van der Waals surface area contributed by atoms with Crippen LogP contribution >= 0.6 is 0 Å². The first-order valence-corrected chi connectivity index (χ1v) is 8.95. The second kappa shape index (κ2) is 10.6. The number of ether oxygens (including phenoxy) is 4. The van der Waals surface area contributed by atoms with Crippen LogP contribution in [0, 0.1) is 0 Å². The summed E-state index contributed by atoms with van der Waals surface area (Å²) in [5, 5.41) is 0. The van der Waals surface area contributed by atoms with Gasteiger partial charge in [0.15, 0.2) is 0 Å². The van der Waals surface area contributed by atoms with Crippen LogP contribution in [0.5, 0.6) is 11.5 Å². The van der Waals surface area contributed by atoms with Gasteiger partial charge in [0.25, 0.3) is 0 Å². The fraction of sp³-hybridized carbons (Fsp3) is 0.174. The van der Waals surface area contributed by atoms with Crippen molar-refractivity contribution in [2.24, 2.45) is 0 Å². The van der Waals surface area contributed by atoms with E-state index < -0.39 is 17.9 Å². The van der Waals surface area contributed by atoms with Gasteiger partial charge in [0.1, 0.15) is 18.1 Å². The Labute approximate surface area is 174 Å². The zero-order valence-corrected chi connectivity index (χ0v) is 16.8. The summed E-state index contributed by atoms with van der Waals surface area (Å²) in [5.41, 5.74) is 1.67. The van der Waals surface area contributed by atoms with E-state index in [2.05, 4.69) is 13.2 Å². The Bertz CT molecular complexity index is 941. The van der Waals surface area contributed by atoms with Gasteiger partial charge < -0.3 is 18.9 Å². The summed E-state index contributed by atoms with van der Waals surface area (Å²) in [6, 6.07) is 12.8. The van der Waals surface area contributed by atoms with Gasteiger partial charge in [0.05, 0.1) is 5.56 Å². The normalized spacial score (nSPS) is 9.93. The number of rotatable bonds is 9. The Morgan fingerprint density at radius 1 is 0.767 bits per heavy atom. The maximum absolute atomic E-state index is 12.3. The molecule has 7 nitrogen and oxygen atoms in total. The molecular formula is C23H22O7. The number of esters is 3. The molecule has 0 spiro atoms. The highest BCUT2D eigenvalue weighted by atomic mass is 16.7. The standard InChI is InChI=1S/C23H22O7/c1-15(2)21(24)27-13-17-5-7-18(8-6-17)23(26)30-20-11-9-19(10-12-20)28-14-29-22(25)16(3)4/h5-12H,1,3,13-14H2,2,4H3. The molecule has 0 atom stereocenters. The molecule has 0 saturated carbocycles. The highest BCUT2D eigenvalue weighted by Crippen LogP contribution is 2.19. The Hall–Kier alpha value is -3.87. The fourth-order valence-corrected chi connectivity index (χ4v) is 2.05. The van der Waals surface area contributed by atoms with Crippen molar-refractivity contribution in [3.8, 4) is 11.5 Å². The smallest absolute Gasteiger partial charge is 0.343 e. The van der Waals surface area contributed by atoms with Crippen molar-refractivity contribution in [3.63, 3.8) is 0 Å². The Kier molecular flexibility index (Phi) is 7.93. The topological polar surface area (TPSA) is 88.1 Å². The number of hydrogen-bond donors (Lipinski definition) is 0. The summed E-state index contributed by atoms with van der Waals surface area (Å²) in [6.07, 6.45) is 0. The highest BCUT2D eigenvalue weighted by molar-refractivity contribution is 5.91. The van der Waals surface area contributed by atoms with Crippen molar-refractivity contribution in [2.45, 2.75) is 20.5 Å². The van der Waals surface area contributed by atoms with Crippen LogP contribution in [0.3, 0.4) is 0 Å². The second-order valence-corrected chi connectivity index (χ2v) is 6.39.